The van der Waals surface area contributed by atoms with Gasteiger partial charge in [-0.3, -0.25) is 0 Å². The predicted molar refractivity (Wildman–Crippen MR) is 76.3 cm³/mol. The Bertz CT molecular complexity index is 647. The highest BCUT2D eigenvalue weighted by Crippen LogP contribution is 2.23. The second-order valence-electron chi connectivity index (χ2n) is 4.27. The molecule has 0 aliphatic heterocycles. The van der Waals surface area contributed by atoms with Crippen LogP contribution in [0.3, 0.4) is 0 Å². The van der Waals surface area contributed by atoms with E-state index in [-0.39, 0.29) is 5.75 Å². The Balaban J connectivity index is 2.19. The van der Waals surface area contributed by atoms with Crippen LogP contribution in [0, 0.1) is 18.3 Å². The molecule has 0 fully saturated rings. The molecular formula is C15H13ClN2O. The van der Waals surface area contributed by atoms with Crippen LogP contribution in [-0.4, -0.2) is 5.11 Å². The molecule has 2 aromatic rings. The second kappa shape index (κ2) is 5.64. The highest BCUT2D eigenvalue weighted by molar-refractivity contribution is 6.30. The number of aromatic hydroxyl groups is 1. The van der Waals surface area contributed by atoms with Crippen LogP contribution in [0.5, 0.6) is 5.75 Å². The number of halogens is 1. The van der Waals surface area contributed by atoms with Gasteiger partial charge >= 0.3 is 0 Å². The summed E-state index contributed by atoms with van der Waals surface area (Å²) in [6.45, 7) is 2.41. The van der Waals surface area contributed by atoms with Gasteiger partial charge in [0.15, 0.2) is 0 Å². The van der Waals surface area contributed by atoms with E-state index in [1.807, 2.05) is 13.0 Å². The summed E-state index contributed by atoms with van der Waals surface area (Å²) in [5.74, 6) is 0.200. The van der Waals surface area contributed by atoms with E-state index in [1.165, 1.54) is 0 Å². The smallest absolute Gasteiger partial charge is 0.120 e. The summed E-state index contributed by atoms with van der Waals surface area (Å²) >= 11 is 5.90. The van der Waals surface area contributed by atoms with Crippen molar-refractivity contribution in [1.29, 1.82) is 5.26 Å². The lowest BCUT2D eigenvalue weighted by Gasteiger charge is -2.11. The first-order valence-corrected chi connectivity index (χ1v) is 6.20. The Kier molecular flexibility index (Phi) is 3.94. The van der Waals surface area contributed by atoms with E-state index < -0.39 is 0 Å². The summed E-state index contributed by atoms with van der Waals surface area (Å²) < 4.78 is 0. The quantitative estimate of drug-likeness (QED) is 0.893. The Morgan fingerprint density at radius 2 is 2.05 bits per heavy atom. The minimum atomic E-state index is 0.200. The summed E-state index contributed by atoms with van der Waals surface area (Å²) in [6.07, 6.45) is 0. The largest absolute Gasteiger partial charge is 0.508 e. The fourth-order valence-corrected chi connectivity index (χ4v) is 1.96. The van der Waals surface area contributed by atoms with Crippen molar-refractivity contribution in [3.05, 3.63) is 58.1 Å². The van der Waals surface area contributed by atoms with Gasteiger partial charge in [0, 0.05) is 22.8 Å². The van der Waals surface area contributed by atoms with Crippen LogP contribution in [0.25, 0.3) is 0 Å². The molecule has 0 saturated heterocycles. The van der Waals surface area contributed by atoms with Crippen molar-refractivity contribution in [3.63, 3.8) is 0 Å². The summed E-state index contributed by atoms with van der Waals surface area (Å²) in [4.78, 5) is 0. The Morgan fingerprint density at radius 3 is 2.79 bits per heavy atom. The lowest BCUT2D eigenvalue weighted by Crippen LogP contribution is -2.01. The molecule has 2 aromatic carbocycles. The average Bonchev–Trinajstić information content (AvgIpc) is 2.41. The van der Waals surface area contributed by atoms with E-state index in [1.54, 1.807) is 30.3 Å². The van der Waals surface area contributed by atoms with E-state index in [2.05, 4.69) is 11.4 Å². The van der Waals surface area contributed by atoms with E-state index in [0.29, 0.717) is 22.7 Å². The van der Waals surface area contributed by atoms with E-state index >= 15 is 0 Å². The molecule has 0 atom stereocenters. The first kappa shape index (κ1) is 13.3. The zero-order valence-electron chi connectivity index (χ0n) is 10.4. The minimum Gasteiger partial charge on any atom is -0.508 e. The third-order valence-electron chi connectivity index (χ3n) is 2.88. The molecule has 0 aliphatic rings. The molecule has 2 rings (SSSR count). The van der Waals surface area contributed by atoms with Gasteiger partial charge in [0.1, 0.15) is 5.75 Å². The van der Waals surface area contributed by atoms with Crippen LogP contribution >= 0.6 is 11.6 Å². The molecule has 3 nitrogen and oxygen atoms in total. The number of hydrogen-bond donors (Lipinski definition) is 2. The van der Waals surface area contributed by atoms with Crippen molar-refractivity contribution < 1.29 is 5.11 Å². The number of nitrogens with zero attached hydrogens (tertiary/aromatic N) is 1. The van der Waals surface area contributed by atoms with Crippen molar-refractivity contribution in [2.75, 3.05) is 5.32 Å². The first-order chi connectivity index (χ1) is 9.10. The van der Waals surface area contributed by atoms with Gasteiger partial charge in [-0.25, -0.2) is 0 Å². The average molecular weight is 273 g/mol. The summed E-state index contributed by atoms with van der Waals surface area (Å²) in [7, 11) is 0. The molecule has 19 heavy (non-hydrogen) atoms. The van der Waals surface area contributed by atoms with Crippen molar-refractivity contribution in [2.45, 2.75) is 13.5 Å². The van der Waals surface area contributed by atoms with Gasteiger partial charge in [-0.1, -0.05) is 17.7 Å². The second-order valence-corrected chi connectivity index (χ2v) is 4.70. The van der Waals surface area contributed by atoms with Gasteiger partial charge in [-0.15, -0.1) is 0 Å². The molecule has 0 unspecified atom stereocenters. The zero-order valence-corrected chi connectivity index (χ0v) is 11.2. The fourth-order valence-electron chi connectivity index (χ4n) is 1.77. The molecule has 2 N–H and O–H groups in total. The topological polar surface area (TPSA) is 56.0 Å². The summed E-state index contributed by atoms with van der Waals surface area (Å²) in [6, 6.07) is 12.5. The third-order valence-corrected chi connectivity index (χ3v) is 3.11. The third kappa shape index (κ3) is 3.18. The SMILES string of the molecule is Cc1ccc(C#N)cc1NCc1cc(Cl)ccc1O. The maximum Gasteiger partial charge on any atom is 0.120 e. The highest BCUT2D eigenvalue weighted by Gasteiger charge is 2.04. The van der Waals surface area contributed by atoms with Gasteiger partial charge < -0.3 is 10.4 Å². The molecule has 0 heterocycles. The van der Waals surface area contributed by atoms with E-state index in [0.717, 1.165) is 11.3 Å². The number of nitrogens with one attached hydrogen (secondary N) is 1. The van der Waals surface area contributed by atoms with Crippen molar-refractivity contribution in [1.82, 2.24) is 0 Å². The fraction of sp³-hybridized carbons (Fsp3) is 0.133. The number of anilines is 1. The minimum absolute atomic E-state index is 0.200. The Morgan fingerprint density at radius 1 is 1.26 bits per heavy atom. The molecular weight excluding hydrogens is 260 g/mol. The van der Waals surface area contributed by atoms with Crippen LogP contribution < -0.4 is 5.32 Å². The monoisotopic (exact) mass is 272 g/mol. The molecule has 0 aromatic heterocycles. The lowest BCUT2D eigenvalue weighted by molar-refractivity contribution is 0.469. The Labute approximate surface area is 117 Å². The molecule has 0 saturated carbocycles. The van der Waals surface area contributed by atoms with Crippen LogP contribution in [-0.2, 0) is 6.54 Å². The Hall–Kier alpha value is -2.18. The molecule has 0 radical (unpaired) electrons. The van der Waals surface area contributed by atoms with Gasteiger partial charge in [0.25, 0.3) is 0 Å². The number of phenols is 1. The molecule has 0 aliphatic carbocycles. The molecule has 4 heteroatoms. The lowest BCUT2D eigenvalue weighted by atomic mass is 10.1. The predicted octanol–water partition coefficient (Wildman–Crippen LogP) is 3.84. The number of phenolic OH excluding ortho intramolecular Hbond substituents is 1. The maximum atomic E-state index is 9.73. The molecule has 0 bridgehead atoms. The zero-order chi connectivity index (χ0) is 13.8. The van der Waals surface area contributed by atoms with Crippen molar-refractivity contribution in [2.24, 2.45) is 0 Å². The number of rotatable bonds is 3. The maximum absolute atomic E-state index is 9.73. The molecule has 0 amide bonds. The molecule has 0 spiro atoms. The standard InChI is InChI=1S/C15H13ClN2O/c1-10-2-3-11(8-17)6-14(10)18-9-12-7-13(16)4-5-15(12)19/h2-7,18-19H,9H2,1H3. The van der Waals surface area contributed by atoms with Gasteiger partial charge in [0.2, 0.25) is 0 Å². The van der Waals surface area contributed by atoms with Gasteiger partial charge in [-0.2, -0.15) is 5.26 Å². The highest BCUT2D eigenvalue weighted by atomic mass is 35.5. The van der Waals surface area contributed by atoms with E-state index in [9.17, 15) is 5.11 Å². The first-order valence-electron chi connectivity index (χ1n) is 5.82. The number of nitriles is 1. The van der Waals surface area contributed by atoms with Crippen LogP contribution in [0.2, 0.25) is 5.02 Å². The van der Waals surface area contributed by atoms with Crippen LogP contribution in [0.1, 0.15) is 16.7 Å². The normalized spacial score (nSPS) is 9.95. The molecule has 96 valence electrons. The number of hydrogen-bond acceptors (Lipinski definition) is 3. The summed E-state index contributed by atoms with van der Waals surface area (Å²) in [5, 5.41) is 22.4. The van der Waals surface area contributed by atoms with Crippen LogP contribution in [0.15, 0.2) is 36.4 Å². The summed E-state index contributed by atoms with van der Waals surface area (Å²) in [5.41, 5.74) is 3.23. The van der Waals surface area contributed by atoms with Crippen LogP contribution in [0.4, 0.5) is 5.69 Å². The van der Waals surface area contributed by atoms with Gasteiger partial charge in [0.05, 0.1) is 11.6 Å². The number of benzene rings is 2. The van der Waals surface area contributed by atoms with E-state index in [4.69, 9.17) is 16.9 Å². The van der Waals surface area contributed by atoms with Crippen molar-refractivity contribution >= 4 is 17.3 Å². The van der Waals surface area contributed by atoms with Gasteiger partial charge in [-0.05, 0) is 42.8 Å². The number of aryl methyl sites for hydroxylation is 1. The van der Waals surface area contributed by atoms with Crippen molar-refractivity contribution in [3.8, 4) is 11.8 Å².